The smallest absolute Gasteiger partial charge is 0.135 e. The zero-order valence-corrected chi connectivity index (χ0v) is 22.3. The molecule has 0 bridgehead atoms. The highest BCUT2D eigenvalue weighted by molar-refractivity contribution is 7.26. The summed E-state index contributed by atoms with van der Waals surface area (Å²) in [6.45, 7) is 0. The minimum atomic E-state index is 0.941. The van der Waals surface area contributed by atoms with Crippen LogP contribution in [0.2, 0.25) is 0 Å². The van der Waals surface area contributed by atoms with Gasteiger partial charge in [-0.05, 0) is 67.2 Å². The molecular formula is C38H22OS. The van der Waals surface area contributed by atoms with E-state index in [-0.39, 0.29) is 0 Å². The van der Waals surface area contributed by atoms with Crippen molar-refractivity contribution in [3.8, 4) is 22.3 Å². The SMILES string of the molecule is c1ccc2c(-c3c4ccccc4c(-c4cccc5c4sc4cc6occc6cc45)c4ccccc34)cccc2c1. The number of fused-ring (bicyclic) bond motifs is 7. The van der Waals surface area contributed by atoms with E-state index in [0.29, 0.717) is 0 Å². The summed E-state index contributed by atoms with van der Waals surface area (Å²) in [6, 6.07) is 46.5. The lowest BCUT2D eigenvalue weighted by molar-refractivity contribution is 0.616. The van der Waals surface area contributed by atoms with Crippen LogP contribution in [0.3, 0.4) is 0 Å². The van der Waals surface area contributed by atoms with Gasteiger partial charge in [0.1, 0.15) is 5.58 Å². The Labute approximate surface area is 234 Å². The van der Waals surface area contributed by atoms with E-state index in [1.807, 2.05) is 11.3 Å². The standard InChI is InChI=1S/C38H22OS/c1-2-11-25-23(9-1)10-7-16-26(25)36-27-12-3-5-14-29(27)37(30-15-6-4-13-28(30)36)32-18-8-17-31-33-21-24-19-20-39-34(24)22-35(33)40-38(31)32/h1-22H. The Kier molecular flexibility index (Phi) is 4.55. The van der Waals surface area contributed by atoms with Crippen LogP contribution in [0.1, 0.15) is 0 Å². The molecule has 2 aromatic heterocycles. The maximum atomic E-state index is 5.74. The second-order valence-electron chi connectivity index (χ2n) is 10.5. The topological polar surface area (TPSA) is 13.1 Å². The lowest BCUT2D eigenvalue weighted by atomic mass is 9.84. The first kappa shape index (κ1) is 22.0. The molecule has 9 rings (SSSR count). The molecule has 7 aromatic carbocycles. The largest absolute Gasteiger partial charge is 0.464 e. The molecule has 0 aliphatic rings. The maximum Gasteiger partial charge on any atom is 0.135 e. The summed E-state index contributed by atoms with van der Waals surface area (Å²) in [5.74, 6) is 0. The van der Waals surface area contributed by atoms with Gasteiger partial charge in [0.15, 0.2) is 0 Å². The van der Waals surface area contributed by atoms with Crippen LogP contribution in [0, 0.1) is 0 Å². The van der Waals surface area contributed by atoms with E-state index in [4.69, 9.17) is 4.42 Å². The summed E-state index contributed by atoms with van der Waals surface area (Å²) in [7, 11) is 0. The Bertz CT molecular complexity index is 2380. The number of rotatable bonds is 2. The van der Waals surface area contributed by atoms with Crippen molar-refractivity contribution in [3.63, 3.8) is 0 Å². The van der Waals surface area contributed by atoms with E-state index in [0.717, 1.165) is 11.0 Å². The molecule has 0 aliphatic carbocycles. The highest BCUT2D eigenvalue weighted by atomic mass is 32.1. The third-order valence-corrected chi connectivity index (χ3v) is 9.53. The molecule has 9 aromatic rings. The first-order valence-electron chi connectivity index (χ1n) is 13.6. The Morgan fingerprint density at radius 3 is 1.75 bits per heavy atom. The van der Waals surface area contributed by atoms with Gasteiger partial charge in [0.05, 0.1) is 6.26 Å². The van der Waals surface area contributed by atoms with Crippen molar-refractivity contribution in [1.82, 2.24) is 0 Å². The lowest BCUT2D eigenvalue weighted by Crippen LogP contribution is -1.91. The molecule has 0 spiro atoms. The first-order chi connectivity index (χ1) is 19.8. The summed E-state index contributed by atoms with van der Waals surface area (Å²) >= 11 is 1.86. The van der Waals surface area contributed by atoms with Crippen molar-refractivity contribution in [2.45, 2.75) is 0 Å². The average Bonchev–Trinajstić information content (AvgIpc) is 3.62. The van der Waals surface area contributed by atoms with Crippen LogP contribution in [0.25, 0.3) is 85.7 Å². The van der Waals surface area contributed by atoms with Crippen LogP contribution in [-0.4, -0.2) is 0 Å². The van der Waals surface area contributed by atoms with Crippen molar-refractivity contribution in [1.29, 1.82) is 0 Å². The van der Waals surface area contributed by atoms with Crippen LogP contribution >= 0.6 is 11.3 Å². The normalized spacial score (nSPS) is 12.0. The molecule has 0 N–H and O–H groups in total. The molecule has 0 saturated heterocycles. The predicted octanol–water partition coefficient (Wildman–Crippen LogP) is 11.6. The second-order valence-corrected chi connectivity index (χ2v) is 11.5. The zero-order chi connectivity index (χ0) is 26.2. The fourth-order valence-electron chi connectivity index (χ4n) is 6.60. The van der Waals surface area contributed by atoms with Gasteiger partial charge in [0.25, 0.3) is 0 Å². The van der Waals surface area contributed by atoms with Crippen molar-refractivity contribution >= 4 is 74.8 Å². The Balaban J connectivity index is 1.44. The van der Waals surface area contributed by atoms with E-state index in [1.165, 1.54) is 74.7 Å². The fourth-order valence-corrected chi connectivity index (χ4v) is 7.84. The van der Waals surface area contributed by atoms with Crippen LogP contribution in [-0.2, 0) is 0 Å². The molecule has 0 fully saturated rings. The van der Waals surface area contributed by atoms with E-state index >= 15 is 0 Å². The van der Waals surface area contributed by atoms with Crippen LogP contribution in [0.5, 0.6) is 0 Å². The van der Waals surface area contributed by atoms with Crippen molar-refractivity contribution < 1.29 is 4.42 Å². The molecule has 0 radical (unpaired) electrons. The van der Waals surface area contributed by atoms with Gasteiger partial charge in [-0.3, -0.25) is 0 Å². The average molecular weight is 527 g/mol. The van der Waals surface area contributed by atoms with E-state index in [2.05, 4.69) is 127 Å². The quantitative estimate of drug-likeness (QED) is 0.204. The molecule has 1 nitrogen and oxygen atoms in total. The summed E-state index contributed by atoms with van der Waals surface area (Å²) in [6.07, 6.45) is 1.78. The number of hydrogen-bond acceptors (Lipinski definition) is 2. The lowest BCUT2D eigenvalue weighted by Gasteiger charge is -2.19. The van der Waals surface area contributed by atoms with Crippen molar-refractivity contribution in [2.24, 2.45) is 0 Å². The number of thiophene rings is 1. The highest BCUT2D eigenvalue weighted by Gasteiger charge is 2.20. The summed E-state index contributed by atoms with van der Waals surface area (Å²) in [5, 5.41) is 11.4. The number of furan rings is 1. The van der Waals surface area contributed by atoms with Crippen LogP contribution < -0.4 is 0 Å². The molecule has 2 heteroatoms. The molecule has 0 aliphatic heterocycles. The van der Waals surface area contributed by atoms with Crippen LogP contribution in [0.4, 0.5) is 0 Å². The molecule has 0 unspecified atom stereocenters. The minimum absolute atomic E-state index is 0.941. The van der Waals surface area contributed by atoms with Gasteiger partial charge in [0.2, 0.25) is 0 Å². The number of hydrogen-bond donors (Lipinski definition) is 0. The molecule has 0 saturated carbocycles. The molecule has 2 heterocycles. The maximum absolute atomic E-state index is 5.74. The Hall–Kier alpha value is -4.92. The molecular weight excluding hydrogens is 504 g/mol. The highest BCUT2D eigenvalue weighted by Crippen LogP contribution is 2.48. The minimum Gasteiger partial charge on any atom is -0.464 e. The second kappa shape index (κ2) is 8.29. The molecule has 40 heavy (non-hydrogen) atoms. The van der Waals surface area contributed by atoms with Gasteiger partial charge in [0, 0.05) is 31.1 Å². The summed E-state index contributed by atoms with van der Waals surface area (Å²) < 4.78 is 8.32. The van der Waals surface area contributed by atoms with E-state index in [1.54, 1.807) is 6.26 Å². The summed E-state index contributed by atoms with van der Waals surface area (Å²) in [5.41, 5.74) is 6.11. The third kappa shape index (κ3) is 3.03. The summed E-state index contributed by atoms with van der Waals surface area (Å²) in [4.78, 5) is 0. The third-order valence-electron chi connectivity index (χ3n) is 8.33. The van der Waals surface area contributed by atoms with Gasteiger partial charge >= 0.3 is 0 Å². The van der Waals surface area contributed by atoms with Gasteiger partial charge < -0.3 is 4.42 Å². The monoisotopic (exact) mass is 526 g/mol. The number of benzene rings is 7. The van der Waals surface area contributed by atoms with Crippen LogP contribution in [0.15, 0.2) is 138 Å². The first-order valence-corrected chi connectivity index (χ1v) is 14.4. The molecule has 186 valence electrons. The Morgan fingerprint density at radius 1 is 0.425 bits per heavy atom. The van der Waals surface area contributed by atoms with Crippen molar-refractivity contribution in [2.75, 3.05) is 0 Å². The Morgan fingerprint density at radius 2 is 1.00 bits per heavy atom. The fraction of sp³-hybridized carbons (Fsp3) is 0. The molecule has 0 atom stereocenters. The molecule has 0 amide bonds. The van der Waals surface area contributed by atoms with E-state index < -0.39 is 0 Å². The van der Waals surface area contributed by atoms with E-state index in [9.17, 15) is 0 Å². The zero-order valence-electron chi connectivity index (χ0n) is 21.5. The predicted molar refractivity (Wildman–Crippen MR) is 172 cm³/mol. The van der Waals surface area contributed by atoms with Gasteiger partial charge in [-0.25, -0.2) is 0 Å². The van der Waals surface area contributed by atoms with Crippen molar-refractivity contribution in [3.05, 3.63) is 134 Å². The van der Waals surface area contributed by atoms with Gasteiger partial charge in [-0.15, -0.1) is 11.3 Å². The van der Waals surface area contributed by atoms with Gasteiger partial charge in [-0.1, -0.05) is 109 Å². The van der Waals surface area contributed by atoms with Gasteiger partial charge in [-0.2, -0.15) is 0 Å².